The summed E-state index contributed by atoms with van der Waals surface area (Å²) < 4.78 is 27.7. The average molecular weight is 370 g/mol. The third-order valence-corrected chi connectivity index (χ3v) is 4.94. The first-order valence-corrected chi connectivity index (χ1v) is 9.39. The highest BCUT2D eigenvalue weighted by atomic mass is 32.2. The third-order valence-electron chi connectivity index (χ3n) is 4.01. The van der Waals surface area contributed by atoms with Crippen LogP contribution in [0.5, 0.6) is 5.75 Å². The van der Waals surface area contributed by atoms with Gasteiger partial charge in [-0.2, -0.15) is 0 Å². The second-order valence-corrected chi connectivity index (χ2v) is 7.36. The highest BCUT2D eigenvalue weighted by Gasteiger charge is 2.10. The number of amides is 1. The smallest absolute Gasteiger partial charge is 0.251 e. The molecule has 3 rings (SSSR count). The Hall–Kier alpha value is -2.90. The summed E-state index contributed by atoms with van der Waals surface area (Å²) in [6, 6.07) is 17.2. The first-order valence-electron chi connectivity index (χ1n) is 7.84. The van der Waals surface area contributed by atoms with Gasteiger partial charge in [0, 0.05) is 12.1 Å². The van der Waals surface area contributed by atoms with Crippen LogP contribution in [0.3, 0.4) is 0 Å². The fourth-order valence-corrected chi connectivity index (χ4v) is 3.11. The Kier molecular flexibility index (Phi) is 4.92. The van der Waals surface area contributed by atoms with Crippen molar-refractivity contribution < 1.29 is 17.9 Å². The van der Waals surface area contributed by atoms with E-state index < -0.39 is 10.0 Å². The standard InChI is InChI=1S/C19H18N2O4S/c1-25-17-7-4-15-10-13(2-3-16(15)11-17)12-21-19(22)14-5-8-18(9-6-14)26(20,23)24/h2-11H,12H2,1H3,(H,21,22)(H2,20,23,24). The number of carbonyl (C=O) groups is 1. The molecule has 7 heteroatoms. The van der Waals surface area contributed by atoms with Crippen molar-refractivity contribution in [2.75, 3.05) is 7.11 Å². The van der Waals surface area contributed by atoms with Gasteiger partial charge in [-0.1, -0.05) is 18.2 Å². The van der Waals surface area contributed by atoms with Gasteiger partial charge in [0.25, 0.3) is 5.91 Å². The van der Waals surface area contributed by atoms with Crippen LogP contribution in [0.1, 0.15) is 15.9 Å². The van der Waals surface area contributed by atoms with Crippen LogP contribution in [0.4, 0.5) is 0 Å². The minimum atomic E-state index is -3.77. The van der Waals surface area contributed by atoms with Crippen molar-refractivity contribution in [3.05, 3.63) is 71.8 Å². The van der Waals surface area contributed by atoms with E-state index >= 15 is 0 Å². The van der Waals surface area contributed by atoms with Crippen molar-refractivity contribution >= 4 is 26.7 Å². The molecule has 0 atom stereocenters. The van der Waals surface area contributed by atoms with Gasteiger partial charge in [0.1, 0.15) is 5.75 Å². The minimum Gasteiger partial charge on any atom is -0.497 e. The number of sulfonamides is 1. The van der Waals surface area contributed by atoms with Crippen molar-refractivity contribution in [1.29, 1.82) is 0 Å². The van der Waals surface area contributed by atoms with Crippen LogP contribution >= 0.6 is 0 Å². The molecule has 6 nitrogen and oxygen atoms in total. The van der Waals surface area contributed by atoms with E-state index in [1.54, 1.807) is 7.11 Å². The van der Waals surface area contributed by atoms with Crippen LogP contribution in [0, 0.1) is 0 Å². The first-order chi connectivity index (χ1) is 12.4. The van der Waals surface area contributed by atoms with Gasteiger partial charge in [0.2, 0.25) is 10.0 Å². The molecule has 3 N–H and O–H groups in total. The number of fused-ring (bicyclic) bond motifs is 1. The number of hydrogen-bond donors (Lipinski definition) is 2. The molecule has 0 fully saturated rings. The van der Waals surface area contributed by atoms with Gasteiger partial charge < -0.3 is 10.1 Å². The van der Waals surface area contributed by atoms with Crippen LogP contribution in [0.15, 0.2) is 65.6 Å². The van der Waals surface area contributed by atoms with E-state index in [2.05, 4.69) is 5.32 Å². The minimum absolute atomic E-state index is 0.0287. The van der Waals surface area contributed by atoms with Crippen LogP contribution in [-0.4, -0.2) is 21.4 Å². The highest BCUT2D eigenvalue weighted by Crippen LogP contribution is 2.21. The predicted octanol–water partition coefficient (Wildman–Crippen LogP) is 2.43. The number of nitrogens with one attached hydrogen (secondary N) is 1. The summed E-state index contributed by atoms with van der Waals surface area (Å²) in [5, 5.41) is 9.97. The molecular formula is C19H18N2O4S. The number of benzene rings is 3. The summed E-state index contributed by atoms with van der Waals surface area (Å²) in [6.45, 7) is 0.359. The fourth-order valence-electron chi connectivity index (χ4n) is 2.59. The molecular weight excluding hydrogens is 352 g/mol. The largest absolute Gasteiger partial charge is 0.497 e. The Morgan fingerprint density at radius 3 is 2.31 bits per heavy atom. The zero-order valence-corrected chi connectivity index (χ0v) is 14.9. The molecule has 1 amide bonds. The van der Waals surface area contributed by atoms with Gasteiger partial charge in [-0.3, -0.25) is 4.79 Å². The van der Waals surface area contributed by atoms with Gasteiger partial charge in [-0.15, -0.1) is 0 Å². The van der Waals surface area contributed by atoms with E-state index in [0.717, 1.165) is 22.1 Å². The van der Waals surface area contributed by atoms with Gasteiger partial charge in [-0.25, -0.2) is 13.6 Å². The molecule has 26 heavy (non-hydrogen) atoms. The van der Waals surface area contributed by atoms with Gasteiger partial charge in [-0.05, 0) is 58.8 Å². The zero-order valence-electron chi connectivity index (χ0n) is 14.1. The summed E-state index contributed by atoms with van der Waals surface area (Å²) in [4.78, 5) is 12.2. The maximum absolute atomic E-state index is 12.2. The maximum atomic E-state index is 12.2. The number of rotatable bonds is 5. The predicted molar refractivity (Wildman–Crippen MR) is 99.5 cm³/mol. The van der Waals surface area contributed by atoms with Crippen LogP contribution in [0.25, 0.3) is 10.8 Å². The van der Waals surface area contributed by atoms with E-state index in [0.29, 0.717) is 12.1 Å². The maximum Gasteiger partial charge on any atom is 0.251 e. The molecule has 0 heterocycles. The Labute approximate surface area is 151 Å². The average Bonchev–Trinajstić information content (AvgIpc) is 2.65. The van der Waals surface area contributed by atoms with Crippen LogP contribution in [0.2, 0.25) is 0 Å². The Balaban J connectivity index is 1.70. The lowest BCUT2D eigenvalue weighted by Crippen LogP contribution is -2.23. The quantitative estimate of drug-likeness (QED) is 0.720. The van der Waals surface area contributed by atoms with Crippen molar-refractivity contribution in [2.45, 2.75) is 11.4 Å². The van der Waals surface area contributed by atoms with Crippen LogP contribution in [-0.2, 0) is 16.6 Å². The van der Waals surface area contributed by atoms with Crippen molar-refractivity contribution in [1.82, 2.24) is 5.32 Å². The van der Waals surface area contributed by atoms with Crippen molar-refractivity contribution in [3.8, 4) is 5.75 Å². The normalized spacial score (nSPS) is 11.3. The molecule has 0 aliphatic carbocycles. The van der Waals surface area contributed by atoms with Crippen molar-refractivity contribution in [2.24, 2.45) is 5.14 Å². The molecule has 134 valence electrons. The van der Waals surface area contributed by atoms with Gasteiger partial charge in [0.15, 0.2) is 0 Å². The molecule has 3 aromatic carbocycles. The highest BCUT2D eigenvalue weighted by molar-refractivity contribution is 7.89. The number of hydrogen-bond acceptors (Lipinski definition) is 4. The SMILES string of the molecule is COc1ccc2cc(CNC(=O)c3ccc(S(N)(=O)=O)cc3)ccc2c1. The lowest BCUT2D eigenvalue weighted by Gasteiger charge is -2.08. The Morgan fingerprint density at radius 1 is 1.00 bits per heavy atom. The first kappa shape index (κ1) is 17.9. The Bertz CT molecular complexity index is 1060. The fraction of sp³-hybridized carbons (Fsp3) is 0.105. The summed E-state index contributed by atoms with van der Waals surface area (Å²) in [5.41, 5.74) is 1.32. The molecule has 3 aromatic rings. The molecule has 0 radical (unpaired) electrons. The van der Waals surface area contributed by atoms with E-state index in [1.807, 2.05) is 36.4 Å². The second-order valence-electron chi connectivity index (χ2n) is 5.80. The lowest BCUT2D eigenvalue weighted by molar-refractivity contribution is 0.0951. The molecule has 0 saturated carbocycles. The topological polar surface area (TPSA) is 98.5 Å². The Morgan fingerprint density at radius 2 is 1.65 bits per heavy atom. The number of methoxy groups -OCH3 is 1. The molecule has 0 aromatic heterocycles. The third kappa shape index (κ3) is 4.01. The molecule has 0 aliphatic rings. The van der Waals surface area contributed by atoms with E-state index in [9.17, 15) is 13.2 Å². The molecule has 0 bridgehead atoms. The van der Waals surface area contributed by atoms with Gasteiger partial charge in [0.05, 0.1) is 12.0 Å². The van der Waals surface area contributed by atoms with E-state index in [-0.39, 0.29) is 10.8 Å². The van der Waals surface area contributed by atoms with E-state index in [1.165, 1.54) is 24.3 Å². The monoisotopic (exact) mass is 370 g/mol. The van der Waals surface area contributed by atoms with E-state index in [4.69, 9.17) is 9.88 Å². The summed E-state index contributed by atoms with van der Waals surface area (Å²) >= 11 is 0. The number of carbonyl (C=O) groups excluding carboxylic acids is 1. The summed E-state index contributed by atoms with van der Waals surface area (Å²) in [5.74, 6) is 0.502. The van der Waals surface area contributed by atoms with Crippen molar-refractivity contribution in [3.63, 3.8) is 0 Å². The number of ether oxygens (including phenoxy) is 1. The summed E-state index contributed by atoms with van der Waals surface area (Å²) in [7, 11) is -2.14. The van der Waals surface area contributed by atoms with Crippen LogP contribution < -0.4 is 15.2 Å². The molecule has 0 unspecified atom stereocenters. The molecule has 0 saturated heterocycles. The molecule has 0 spiro atoms. The zero-order chi connectivity index (χ0) is 18.7. The molecule has 0 aliphatic heterocycles. The lowest BCUT2D eigenvalue weighted by atomic mass is 10.1. The second kappa shape index (κ2) is 7.15. The van der Waals surface area contributed by atoms with Gasteiger partial charge >= 0.3 is 0 Å². The summed E-state index contributed by atoms with van der Waals surface area (Å²) in [6.07, 6.45) is 0. The number of primary sulfonamides is 1. The number of nitrogens with two attached hydrogens (primary N) is 1.